The Morgan fingerprint density at radius 2 is 1.69 bits per heavy atom. The summed E-state index contributed by atoms with van der Waals surface area (Å²) < 4.78 is 10.9. The van der Waals surface area contributed by atoms with Crippen molar-refractivity contribution in [3.63, 3.8) is 0 Å². The fraction of sp³-hybridized carbons (Fsp3) is 0.333. The van der Waals surface area contributed by atoms with Crippen molar-refractivity contribution < 1.29 is 19.1 Å². The number of unbranched alkanes of at least 4 members (excludes halogenated alkanes) is 3. The number of ether oxygens (including phenoxy) is 2. The molecule has 156 valence electrons. The highest BCUT2D eigenvalue weighted by Gasteiger charge is 2.09. The quantitative estimate of drug-likeness (QED) is 0.412. The molecule has 29 heavy (non-hydrogen) atoms. The number of nitrogens with one attached hydrogen (secondary N) is 2. The number of hydrogen-bond donors (Lipinski definition) is 2. The van der Waals surface area contributed by atoms with Gasteiger partial charge in [0.1, 0.15) is 11.5 Å². The molecule has 0 heterocycles. The van der Waals surface area contributed by atoms with Crippen molar-refractivity contribution in [1.82, 2.24) is 10.9 Å². The van der Waals surface area contributed by atoms with E-state index in [0.29, 0.717) is 33.7 Å². The summed E-state index contributed by atoms with van der Waals surface area (Å²) in [5.41, 5.74) is 5.01. The standard InChI is InChI=1S/C21H24Cl2N2O4/c1-2-3-4-5-12-28-17-9-6-15(7-10-17)21(27)25-24-20(26)14-29-19-11-8-16(22)13-18(19)23/h6-11,13H,2-5,12,14H2,1H3,(H,24,26)(H,25,27). The van der Waals surface area contributed by atoms with Crippen molar-refractivity contribution >= 4 is 35.0 Å². The van der Waals surface area contributed by atoms with Crippen molar-refractivity contribution in [2.75, 3.05) is 13.2 Å². The number of carbonyl (C=O) groups is 2. The zero-order valence-corrected chi connectivity index (χ0v) is 17.7. The number of rotatable bonds is 10. The van der Waals surface area contributed by atoms with Crippen LogP contribution in [0.2, 0.25) is 10.0 Å². The van der Waals surface area contributed by atoms with Crippen LogP contribution in [0.15, 0.2) is 42.5 Å². The Balaban J connectivity index is 1.71. The summed E-state index contributed by atoms with van der Waals surface area (Å²) in [6, 6.07) is 11.4. The SMILES string of the molecule is CCCCCCOc1ccc(C(=O)NNC(=O)COc2ccc(Cl)cc2Cl)cc1. The topological polar surface area (TPSA) is 76.7 Å². The molecule has 8 heteroatoms. The average Bonchev–Trinajstić information content (AvgIpc) is 2.71. The molecule has 0 aliphatic rings. The minimum absolute atomic E-state index is 0.294. The van der Waals surface area contributed by atoms with Gasteiger partial charge in [0.25, 0.3) is 11.8 Å². The van der Waals surface area contributed by atoms with Crippen molar-refractivity contribution in [2.45, 2.75) is 32.6 Å². The van der Waals surface area contributed by atoms with E-state index in [1.807, 2.05) is 0 Å². The molecule has 0 fully saturated rings. The highest BCUT2D eigenvalue weighted by molar-refractivity contribution is 6.35. The van der Waals surface area contributed by atoms with Gasteiger partial charge < -0.3 is 9.47 Å². The fourth-order valence-corrected chi connectivity index (χ4v) is 2.85. The van der Waals surface area contributed by atoms with Crippen molar-refractivity contribution in [3.8, 4) is 11.5 Å². The van der Waals surface area contributed by atoms with E-state index in [1.165, 1.54) is 18.9 Å². The molecule has 0 aliphatic heterocycles. The predicted octanol–water partition coefficient (Wildman–Crippen LogP) is 4.79. The first-order chi connectivity index (χ1) is 14.0. The fourth-order valence-electron chi connectivity index (χ4n) is 2.39. The van der Waals surface area contributed by atoms with Crippen LogP contribution in [0.1, 0.15) is 43.0 Å². The van der Waals surface area contributed by atoms with Crippen LogP contribution in [0.5, 0.6) is 11.5 Å². The lowest BCUT2D eigenvalue weighted by Gasteiger charge is -2.10. The number of amides is 2. The van der Waals surface area contributed by atoms with Crippen LogP contribution in [0.3, 0.4) is 0 Å². The van der Waals surface area contributed by atoms with Crippen molar-refractivity contribution in [3.05, 3.63) is 58.1 Å². The van der Waals surface area contributed by atoms with Gasteiger partial charge in [0, 0.05) is 10.6 Å². The highest BCUT2D eigenvalue weighted by atomic mass is 35.5. The Bertz CT molecular complexity index is 813. The van der Waals surface area contributed by atoms with E-state index in [4.69, 9.17) is 32.7 Å². The van der Waals surface area contributed by atoms with Gasteiger partial charge in [0.2, 0.25) is 0 Å². The lowest BCUT2D eigenvalue weighted by molar-refractivity contribution is -0.123. The molecule has 2 N–H and O–H groups in total. The number of hydrazine groups is 1. The zero-order valence-electron chi connectivity index (χ0n) is 16.2. The van der Waals surface area contributed by atoms with Crippen LogP contribution >= 0.6 is 23.2 Å². The second-order valence-electron chi connectivity index (χ2n) is 6.30. The third-order valence-corrected chi connectivity index (χ3v) is 4.48. The van der Waals surface area contributed by atoms with E-state index in [9.17, 15) is 9.59 Å². The Hall–Kier alpha value is -2.44. The molecular weight excluding hydrogens is 415 g/mol. The Labute approximate surface area is 180 Å². The maximum atomic E-state index is 12.1. The third-order valence-electron chi connectivity index (χ3n) is 3.95. The van der Waals surface area contributed by atoms with Gasteiger partial charge in [-0.3, -0.25) is 20.4 Å². The molecule has 2 rings (SSSR count). The summed E-state index contributed by atoms with van der Waals surface area (Å²) in [7, 11) is 0. The maximum Gasteiger partial charge on any atom is 0.276 e. The van der Waals surface area contributed by atoms with Gasteiger partial charge in [0.05, 0.1) is 11.6 Å². The Morgan fingerprint density at radius 1 is 0.931 bits per heavy atom. The molecule has 0 aliphatic carbocycles. The first-order valence-electron chi connectivity index (χ1n) is 9.39. The molecule has 0 radical (unpaired) electrons. The summed E-state index contributed by atoms with van der Waals surface area (Å²) >= 11 is 11.8. The summed E-state index contributed by atoms with van der Waals surface area (Å²) in [6.45, 7) is 2.50. The minimum atomic E-state index is -0.531. The zero-order chi connectivity index (χ0) is 21.1. The van der Waals surface area contributed by atoms with Crippen molar-refractivity contribution in [1.29, 1.82) is 0 Å². The van der Waals surface area contributed by atoms with Gasteiger partial charge in [0.15, 0.2) is 6.61 Å². The van der Waals surface area contributed by atoms with E-state index >= 15 is 0 Å². The summed E-state index contributed by atoms with van der Waals surface area (Å²) in [5.74, 6) is 0.0481. The van der Waals surface area contributed by atoms with Gasteiger partial charge in [-0.15, -0.1) is 0 Å². The van der Waals surface area contributed by atoms with Crippen LogP contribution in [0.4, 0.5) is 0 Å². The van der Waals surface area contributed by atoms with Crippen molar-refractivity contribution in [2.24, 2.45) is 0 Å². The van der Waals surface area contributed by atoms with Gasteiger partial charge in [-0.05, 0) is 48.9 Å². The molecule has 0 unspecified atom stereocenters. The maximum absolute atomic E-state index is 12.1. The van der Waals surface area contributed by atoms with Crippen LogP contribution in [-0.2, 0) is 4.79 Å². The second-order valence-corrected chi connectivity index (χ2v) is 7.14. The number of carbonyl (C=O) groups excluding carboxylic acids is 2. The molecule has 6 nitrogen and oxygen atoms in total. The number of halogens is 2. The predicted molar refractivity (Wildman–Crippen MR) is 114 cm³/mol. The molecule has 0 atom stereocenters. The first kappa shape index (κ1) is 22.8. The summed E-state index contributed by atoms with van der Waals surface area (Å²) in [5, 5.41) is 0.758. The molecule has 0 saturated carbocycles. The van der Waals surface area contributed by atoms with E-state index in [0.717, 1.165) is 12.8 Å². The van der Waals surface area contributed by atoms with E-state index in [2.05, 4.69) is 17.8 Å². The molecule has 2 aromatic rings. The Kier molecular flexibility index (Phi) is 9.60. The normalized spacial score (nSPS) is 10.3. The molecule has 0 aromatic heterocycles. The summed E-state index contributed by atoms with van der Waals surface area (Å²) in [6.07, 6.45) is 4.53. The lowest BCUT2D eigenvalue weighted by Crippen LogP contribution is -2.43. The van der Waals surface area contributed by atoms with E-state index in [-0.39, 0.29) is 6.61 Å². The lowest BCUT2D eigenvalue weighted by atomic mass is 10.2. The number of benzene rings is 2. The van der Waals surface area contributed by atoms with Crippen LogP contribution in [-0.4, -0.2) is 25.0 Å². The minimum Gasteiger partial charge on any atom is -0.494 e. The molecular formula is C21H24Cl2N2O4. The molecule has 0 bridgehead atoms. The first-order valence-corrected chi connectivity index (χ1v) is 10.1. The van der Waals surface area contributed by atoms with Gasteiger partial charge >= 0.3 is 0 Å². The highest BCUT2D eigenvalue weighted by Crippen LogP contribution is 2.27. The average molecular weight is 439 g/mol. The van der Waals surface area contributed by atoms with E-state index in [1.54, 1.807) is 36.4 Å². The largest absolute Gasteiger partial charge is 0.494 e. The van der Waals surface area contributed by atoms with Gasteiger partial charge in [-0.25, -0.2) is 0 Å². The molecule has 2 amide bonds. The third kappa shape index (κ3) is 8.21. The van der Waals surface area contributed by atoms with Gasteiger partial charge in [-0.2, -0.15) is 0 Å². The van der Waals surface area contributed by atoms with Crippen LogP contribution in [0, 0.1) is 0 Å². The number of hydrogen-bond acceptors (Lipinski definition) is 4. The summed E-state index contributed by atoms with van der Waals surface area (Å²) in [4.78, 5) is 24.0. The van der Waals surface area contributed by atoms with Crippen LogP contribution < -0.4 is 20.3 Å². The van der Waals surface area contributed by atoms with Crippen LogP contribution in [0.25, 0.3) is 0 Å². The molecule has 0 saturated heterocycles. The molecule has 2 aromatic carbocycles. The molecule has 0 spiro atoms. The Morgan fingerprint density at radius 3 is 2.38 bits per heavy atom. The van der Waals surface area contributed by atoms with E-state index < -0.39 is 11.8 Å². The monoisotopic (exact) mass is 438 g/mol. The van der Waals surface area contributed by atoms with Gasteiger partial charge in [-0.1, -0.05) is 49.4 Å². The smallest absolute Gasteiger partial charge is 0.276 e. The second kappa shape index (κ2) is 12.2.